The zero-order valence-electron chi connectivity index (χ0n) is 9.98. The molecule has 0 fully saturated rings. The second-order valence-corrected chi connectivity index (χ2v) is 5.27. The number of carboxylic acid groups (broad SMARTS) is 1. The molecule has 0 aromatic carbocycles. The molecular formula is C11H9N3O4S2. The number of thiophene rings is 1. The lowest BCUT2D eigenvalue weighted by Gasteiger charge is -2.12. The monoisotopic (exact) mass is 311 g/mol. The van der Waals surface area contributed by atoms with Gasteiger partial charge in [0, 0.05) is 6.42 Å². The van der Waals surface area contributed by atoms with Crippen molar-refractivity contribution in [3.8, 4) is 0 Å². The molecule has 0 aliphatic heterocycles. The van der Waals surface area contributed by atoms with Gasteiger partial charge in [-0.3, -0.25) is 9.59 Å². The lowest BCUT2D eigenvalue weighted by molar-refractivity contribution is -0.139. The Labute approximate surface area is 121 Å². The van der Waals surface area contributed by atoms with E-state index < -0.39 is 17.9 Å². The summed E-state index contributed by atoms with van der Waals surface area (Å²) in [6.07, 6.45) is 0.930. The van der Waals surface area contributed by atoms with E-state index in [9.17, 15) is 14.4 Å². The summed E-state index contributed by atoms with van der Waals surface area (Å²) < 4.78 is 7.35. The van der Waals surface area contributed by atoms with Crippen LogP contribution < -0.4 is 5.32 Å². The number of nitrogens with one attached hydrogen (secondary N) is 1. The normalized spacial score (nSPS) is 11.8. The number of carboxylic acids is 1. The standard InChI is InChI=1S/C11H9N3O4S2/c15-8(9-2-1-3-19-9)4-6(11(17)18)13-10(16)7-5-12-20-14-7/h1-3,5-6H,4H2,(H,13,16)(H,17,18). The fourth-order valence-electron chi connectivity index (χ4n) is 1.42. The molecule has 7 nitrogen and oxygen atoms in total. The maximum atomic E-state index is 11.9. The number of carbonyl (C=O) groups is 3. The Kier molecular flexibility index (Phi) is 4.53. The molecule has 104 valence electrons. The van der Waals surface area contributed by atoms with Gasteiger partial charge in [0.15, 0.2) is 11.5 Å². The second-order valence-electron chi connectivity index (χ2n) is 3.76. The van der Waals surface area contributed by atoms with Crippen LogP contribution in [0.15, 0.2) is 23.7 Å². The summed E-state index contributed by atoms with van der Waals surface area (Å²) >= 11 is 2.07. The second kappa shape index (κ2) is 6.35. The Morgan fingerprint density at radius 2 is 2.20 bits per heavy atom. The van der Waals surface area contributed by atoms with Crippen molar-refractivity contribution in [2.75, 3.05) is 0 Å². The first-order valence-electron chi connectivity index (χ1n) is 5.46. The molecule has 0 bridgehead atoms. The highest BCUT2D eigenvalue weighted by atomic mass is 32.1. The molecule has 2 heterocycles. The summed E-state index contributed by atoms with van der Waals surface area (Å²) in [5.74, 6) is -2.26. The highest BCUT2D eigenvalue weighted by Crippen LogP contribution is 2.13. The van der Waals surface area contributed by atoms with Crippen LogP contribution in [-0.4, -0.2) is 37.6 Å². The molecule has 20 heavy (non-hydrogen) atoms. The Bertz CT molecular complexity index is 561. The van der Waals surface area contributed by atoms with Gasteiger partial charge in [0.1, 0.15) is 6.04 Å². The minimum atomic E-state index is -1.29. The number of aromatic nitrogens is 2. The molecule has 2 aromatic rings. The van der Waals surface area contributed by atoms with Crippen LogP contribution in [0.4, 0.5) is 0 Å². The third kappa shape index (κ3) is 3.45. The van der Waals surface area contributed by atoms with E-state index in [2.05, 4.69) is 14.1 Å². The molecule has 1 amide bonds. The van der Waals surface area contributed by atoms with Crippen LogP contribution in [0.1, 0.15) is 26.6 Å². The van der Waals surface area contributed by atoms with Gasteiger partial charge in [-0.05, 0) is 11.4 Å². The molecular weight excluding hydrogens is 302 g/mol. The van der Waals surface area contributed by atoms with Gasteiger partial charge < -0.3 is 10.4 Å². The van der Waals surface area contributed by atoms with Gasteiger partial charge in [0.2, 0.25) is 0 Å². The first kappa shape index (κ1) is 14.3. The third-order valence-corrected chi connectivity index (χ3v) is 3.77. The molecule has 0 radical (unpaired) electrons. The van der Waals surface area contributed by atoms with E-state index in [1.165, 1.54) is 17.5 Å². The number of aliphatic carboxylic acids is 1. The minimum Gasteiger partial charge on any atom is -0.480 e. The smallest absolute Gasteiger partial charge is 0.326 e. The lowest BCUT2D eigenvalue weighted by atomic mass is 10.1. The number of Topliss-reactive ketones (excluding diaryl/α,β-unsaturated/α-hetero) is 1. The quantitative estimate of drug-likeness (QED) is 0.772. The van der Waals surface area contributed by atoms with Gasteiger partial charge in [-0.2, -0.15) is 8.75 Å². The van der Waals surface area contributed by atoms with Crippen molar-refractivity contribution in [3.05, 3.63) is 34.3 Å². The predicted molar refractivity (Wildman–Crippen MR) is 72.1 cm³/mol. The molecule has 1 atom stereocenters. The Morgan fingerprint density at radius 3 is 2.75 bits per heavy atom. The molecule has 0 saturated carbocycles. The van der Waals surface area contributed by atoms with E-state index in [4.69, 9.17) is 5.11 Å². The predicted octanol–water partition coefficient (Wildman–Crippen LogP) is 1.06. The van der Waals surface area contributed by atoms with Crippen LogP contribution in [-0.2, 0) is 4.79 Å². The zero-order valence-corrected chi connectivity index (χ0v) is 11.6. The van der Waals surface area contributed by atoms with E-state index in [0.29, 0.717) is 4.88 Å². The molecule has 0 aliphatic carbocycles. The fourth-order valence-corrected chi connectivity index (χ4v) is 2.51. The summed E-state index contributed by atoms with van der Waals surface area (Å²) in [6.45, 7) is 0. The first-order valence-corrected chi connectivity index (χ1v) is 7.07. The lowest BCUT2D eigenvalue weighted by Crippen LogP contribution is -2.42. The van der Waals surface area contributed by atoms with Crippen molar-refractivity contribution in [1.29, 1.82) is 0 Å². The molecule has 2 rings (SSSR count). The molecule has 0 spiro atoms. The highest BCUT2D eigenvalue weighted by molar-refractivity contribution is 7.12. The average Bonchev–Trinajstić information content (AvgIpc) is 3.10. The van der Waals surface area contributed by atoms with Gasteiger partial charge >= 0.3 is 5.97 Å². The van der Waals surface area contributed by atoms with Crippen molar-refractivity contribution < 1.29 is 19.5 Å². The van der Waals surface area contributed by atoms with E-state index in [-0.39, 0.29) is 17.9 Å². The first-order chi connectivity index (χ1) is 9.58. The number of amides is 1. The van der Waals surface area contributed by atoms with Gasteiger partial charge in [0.25, 0.3) is 5.91 Å². The maximum absolute atomic E-state index is 11.9. The van der Waals surface area contributed by atoms with Crippen LogP contribution in [0.5, 0.6) is 0 Å². The SMILES string of the molecule is O=C(NC(CC(=O)c1cccs1)C(=O)O)c1cnsn1. The molecule has 1 unspecified atom stereocenters. The van der Waals surface area contributed by atoms with Crippen molar-refractivity contribution in [2.45, 2.75) is 12.5 Å². The topological polar surface area (TPSA) is 109 Å². The van der Waals surface area contributed by atoms with Crippen molar-refractivity contribution in [1.82, 2.24) is 14.1 Å². The van der Waals surface area contributed by atoms with Crippen molar-refractivity contribution >= 4 is 40.7 Å². The van der Waals surface area contributed by atoms with Gasteiger partial charge in [-0.25, -0.2) is 4.79 Å². The largest absolute Gasteiger partial charge is 0.480 e. The summed E-state index contributed by atoms with van der Waals surface area (Å²) in [7, 11) is 0. The van der Waals surface area contributed by atoms with E-state index in [1.54, 1.807) is 17.5 Å². The summed E-state index contributed by atoms with van der Waals surface area (Å²) in [5.41, 5.74) is 0.0322. The Balaban J connectivity index is 2.03. The zero-order chi connectivity index (χ0) is 14.5. The van der Waals surface area contributed by atoms with E-state index >= 15 is 0 Å². The minimum absolute atomic E-state index is 0.0322. The number of hydrogen-bond donors (Lipinski definition) is 2. The van der Waals surface area contributed by atoms with Crippen LogP contribution in [0, 0.1) is 0 Å². The number of nitrogens with zero attached hydrogens (tertiary/aromatic N) is 2. The third-order valence-electron chi connectivity index (χ3n) is 2.38. The van der Waals surface area contributed by atoms with Gasteiger partial charge in [-0.15, -0.1) is 11.3 Å². The summed E-state index contributed by atoms with van der Waals surface area (Å²) in [6, 6.07) is 2.02. The summed E-state index contributed by atoms with van der Waals surface area (Å²) in [5, 5.41) is 13.1. The number of hydrogen-bond acceptors (Lipinski definition) is 7. The van der Waals surface area contributed by atoms with Gasteiger partial charge in [-0.1, -0.05) is 6.07 Å². The van der Waals surface area contributed by atoms with Crippen LogP contribution >= 0.6 is 23.1 Å². The Hall–Kier alpha value is -2.13. The fraction of sp³-hybridized carbons (Fsp3) is 0.182. The van der Waals surface area contributed by atoms with Gasteiger partial charge in [0.05, 0.1) is 22.8 Å². The highest BCUT2D eigenvalue weighted by Gasteiger charge is 2.25. The van der Waals surface area contributed by atoms with Crippen LogP contribution in [0.2, 0.25) is 0 Å². The molecule has 2 aromatic heterocycles. The average molecular weight is 311 g/mol. The van der Waals surface area contributed by atoms with Crippen LogP contribution in [0.3, 0.4) is 0 Å². The van der Waals surface area contributed by atoms with Crippen molar-refractivity contribution in [3.63, 3.8) is 0 Å². The number of rotatable bonds is 6. The number of carbonyl (C=O) groups excluding carboxylic acids is 2. The molecule has 0 aliphatic rings. The van der Waals surface area contributed by atoms with E-state index in [0.717, 1.165) is 11.7 Å². The van der Waals surface area contributed by atoms with Crippen LogP contribution in [0.25, 0.3) is 0 Å². The summed E-state index contributed by atoms with van der Waals surface area (Å²) in [4.78, 5) is 35.1. The molecule has 9 heteroatoms. The molecule has 0 saturated heterocycles. The number of ketones is 1. The molecule has 2 N–H and O–H groups in total. The van der Waals surface area contributed by atoms with Crippen molar-refractivity contribution in [2.24, 2.45) is 0 Å². The maximum Gasteiger partial charge on any atom is 0.326 e. The van der Waals surface area contributed by atoms with E-state index in [1.807, 2.05) is 0 Å². The Morgan fingerprint density at radius 1 is 1.40 bits per heavy atom.